The minimum absolute atomic E-state index is 0.0779. The number of carbonyl (C=O) groups is 1. The number of nitrogens with zero attached hydrogens (tertiary/aromatic N) is 1. The average molecular weight is 247 g/mol. The van der Waals surface area contributed by atoms with E-state index < -0.39 is 18.2 Å². The molecule has 0 aliphatic rings. The van der Waals surface area contributed by atoms with Crippen molar-refractivity contribution in [1.82, 2.24) is 4.98 Å². The van der Waals surface area contributed by atoms with Crippen molar-refractivity contribution in [1.29, 1.82) is 0 Å². The molecule has 0 saturated heterocycles. The van der Waals surface area contributed by atoms with Gasteiger partial charge >= 0.3 is 5.97 Å². The van der Waals surface area contributed by atoms with Crippen LogP contribution >= 0.6 is 11.6 Å². The summed E-state index contributed by atoms with van der Waals surface area (Å²) in [5.41, 5.74) is 5.28. The van der Waals surface area contributed by atoms with Gasteiger partial charge in [0.2, 0.25) is 0 Å². The van der Waals surface area contributed by atoms with E-state index in [9.17, 15) is 15.0 Å². The lowest BCUT2D eigenvalue weighted by molar-refractivity contribution is 0.0325. The van der Waals surface area contributed by atoms with Crippen molar-refractivity contribution < 1.29 is 20.1 Å². The Morgan fingerprint density at radius 2 is 2.19 bits per heavy atom. The predicted molar refractivity (Wildman–Crippen MR) is 57.3 cm³/mol. The summed E-state index contributed by atoms with van der Waals surface area (Å²) in [6, 6.07) is 1.25. The van der Waals surface area contributed by atoms with Crippen molar-refractivity contribution in [2.75, 3.05) is 11.6 Å². The SMILES string of the molecule is Nc1cc(C(O)C(O)CCl)cnc1C(=O)O. The van der Waals surface area contributed by atoms with Gasteiger partial charge in [-0.25, -0.2) is 9.78 Å². The van der Waals surface area contributed by atoms with E-state index in [1.165, 1.54) is 6.07 Å². The molecular weight excluding hydrogens is 236 g/mol. The van der Waals surface area contributed by atoms with E-state index >= 15 is 0 Å². The number of aromatic carboxylic acids is 1. The Kier molecular flexibility index (Phi) is 4.05. The van der Waals surface area contributed by atoms with E-state index in [4.69, 9.17) is 22.4 Å². The zero-order valence-electron chi connectivity index (χ0n) is 8.17. The van der Waals surface area contributed by atoms with Crippen LogP contribution in [0.3, 0.4) is 0 Å². The van der Waals surface area contributed by atoms with Crippen molar-refractivity contribution >= 4 is 23.3 Å². The van der Waals surface area contributed by atoms with Crippen LogP contribution < -0.4 is 5.73 Å². The average Bonchev–Trinajstić information content (AvgIpc) is 2.26. The minimum Gasteiger partial charge on any atom is -0.476 e. The molecule has 0 aliphatic heterocycles. The largest absolute Gasteiger partial charge is 0.476 e. The van der Waals surface area contributed by atoms with Crippen LogP contribution in [-0.4, -0.2) is 38.3 Å². The summed E-state index contributed by atoms with van der Waals surface area (Å²) >= 11 is 5.36. The summed E-state index contributed by atoms with van der Waals surface area (Å²) < 4.78 is 0. The number of anilines is 1. The maximum atomic E-state index is 10.6. The molecule has 6 nitrogen and oxygen atoms in total. The Labute approximate surface area is 96.3 Å². The summed E-state index contributed by atoms with van der Waals surface area (Å²) in [5, 5.41) is 27.5. The number of rotatable bonds is 4. The van der Waals surface area contributed by atoms with Gasteiger partial charge < -0.3 is 21.1 Å². The highest BCUT2D eigenvalue weighted by molar-refractivity contribution is 6.18. The van der Waals surface area contributed by atoms with Crippen molar-refractivity contribution in [2.45, 2.75) is 12.2 Å². The highest BCUT2D eigenvalue weighted by atomic mass is 35.5. The number of pyridine rings is 1. The fourth-order valence-electron chi connectivity index (χ4n) is 1.15. The number of aliphatic hydroxyl groups excluding tert-OH is 2. The van der Waals surface area contributed by atoms with E-state index in [0.717, 1.165) is 6.20 Å². The molecule has 2 unspecified atom stereocenters. The Bertz CT molecular complexity index is 399. The fourth-order valence-corrected chi connectivity index (χ4v) is 1.31. The van der Waals surface area contributed by atoms with Crippen LogP contribution in [0.5, 0.6) is 0 Å². The van der Waals surface area contributed by atoms with Gasteiger partial charge in [0.05, 0.1) is 17.7 Å². The van der Waals surface area contributed by atoms with Crippen molar-refractivity contribution in [2.24, 2.45) is 0 Å². The molecule has 16 heavy (non-hydrogen) atoms. The number of alkyl halides is 1. The molecule has 1 aromatic rings. The normalized spacial score (nSPS) is 14.4. The number of aromatic nitrogens is 1. The van der Waals surface area contributed by atoms with Crippen LogP contribution in [-0.2, 0) is 0 Å². The fraction of sp³-hybridized carbons (Fsp3) is 0.333. The van der Waals surface area contributed by atoms with Crippen LogP contribution in [0.1, 0.15) is 22.2 Å². The molecule has 0 aliphatic carbocycles. The van der Waals surface area contributed by atoms with Crippen molar-refractivity contribution in [3.05, 3.63) is 23.5 Å². The predicted octanol–water partition coefficient (Wildman–Crippen LogP) is -0.00490. The number of hydrogen-bond donors (Lipinski definition) is 4. The molecule has 7 heteroatoms. The minimum atomic E-state index is -1.25. The lowest BCUT2D eigenvalue weighted by Crippen LogP contribution is -2.20. The van der Waals surface area contributed by atoms with Gasteiger partial charge in [0.25, 0.3) is 0 Å². The Balaban J connectivity index is 3.01. The lowest BCUT2D eigenvalue weighted by Gasteiger charge is -2.15. The first kappa shape index (κ1) is 12.7. The van der Waals surface area contributed by atoms with Crippen molar-refractivity contribution in [3.63, 3.8) is 0 Å². The van der Waals surface area contributed by atoms with Gasteiger partial charge in [-0.3, -0.25) is 0 Å². The molecule has 1 rings (SSSR count). The molecule has 0 bridgehead atoms. The maximum Gasteiger partial charge on any atom is 0.356 e. The molecule has 1 heterocycles. The second-order valence-electron chi connectivity index (χ2n) is 3.18. The molecule has 2 atom stereocenters. The van der Waals surface area contributed by atoms with Gasteiger partial charge in [0.15, 0.2) is 5.69 Å². The molecule has 0 saturated carbocycles. The molecule has 0 aromatic carbocycles. The quantitative estimate of drug-likeness (QED) is 0.556. The Morgan fingerprint density at radius 3 is 2.62 bits per heavy atom. The van der Waals surface area contributed by atoms with Gasteiger partial charge in [-0.05, 0) is 6.07 Å². The highest BCUT2D eigenvalue weighted by Crippen LogP contribution is 2.20. The van der Waals surface area contributed by atoms with E-state index in [1.807, 2.05) is 0 Å². The Morgan fingerprint density at radius 1 is 1.56 bits per heavy atom. The molecule has 5 N–H and O–H groups in total. The Hall–Kier alpha value is -1.37. The smallest absolute Gasteiger partial charge is 0.356 e. The van der Waals surface area contributed by atoms with E-state index in [2.05, 4.69) is 4.98 Å². The van der Waals surface area contributed by atoms with Crippen molar-refractivity contribution in [3.8, 4) is 0 Å². The van der Waals surface area contributed by atoms with Gasteiger partial charge in [-0.2, -0.15) is 0 Å². The molecule has 0 radical (unpaired) electrons. The number of nitrogens with two attached hydrogens (primary N) is 1. The first-order valence-corrected chi connectivity index (χ1v) is 4.91. The molecule has 1 aromatic heterocycles. The summed E-state index contributed by atoms with van der Waals surface area (Å²) in [6.07, 6.45) is -1.26. The van der Waals surface area contributed by atoms with Crippen LogP contribution in [0, 0.1) is 0 Å². The number of nitrogen functional groups attached to an aromatic ring is 1. The third kappa shape index (κ3) is 2.60. The zero-order valence-corrected chi connectivity index (χ0v) is 8.92. The molecule has 0 spiro atoms. The monoisotopic (exact) mass is 246 g/mol. The van der Waals surface area contributed by atoms with Gasteiger partial charge in [0, 0.05) is 11.8 Å². The number of carboxylic acids is 1. The van der Waals surface area contributed by atoms with Crippen LogP contribution in [0.4, 0.5) is 5.69 Å². The third-order valence-electron chi connectivity index (χ3n) is 2.00. The molecule has 88 valence electrons. The van der Waals surface area contributed by atoms with Gasteiger partial charge in [-0.1, -0.05) is 0 Å². The summed E-state index contributed by atoms with van der Waals surface area (Å²) in [4.78, 5) is 14.2. The third-order valence-corrected chi connectivity index (χ3v) is 2.32. The second-order valence-corrected chi connectivity index (χ2v) is 3.49. The lowest BCUT2D eigenvalue weighted by atomic mass is 10.1. The topological polar surface area (TPSA) is 117 Å². The summed E-state index contributed by atoms with van der Waals surface area (Å²) in [5.74, 6) is -1.40. The van der Waals surface area contributed by atoms with E-state index in [1.54, 1.807) is 0 Å². The number of aliphatic hydroxyl groups is 2. The molecule has 0 amide bonds. The van der Waals surface area contributed by atoms with Gasteiger partial charge in [0.1, 0.15) is 6.10 Å². The molecule has 0 fully saturated rings. The summed E-state index contributed by atoms with van der Waals surface area (Å²) in [7, 11) is 0. The van der Waals surface area contributed by atoms with Gasteiger partial charge in [-0.15, -0.1) is 11.6 Å². The highest BCUT2D eigenvalue weighted by Gasteiger charge is 2.19. The zero-order chi connectivity index (χ0) is 12.3. The van der Waals surface area contributed by atoms with Crippen LogP contribution in [0.15, 0.2) is 12.3 Å². The standard InChI is InChI=1S/C9H11ClN2O4/c10-2-6(13)8(14)4-1-5(11)7(9(15)16)12-3-4/h1,3,6,8,13-14H,2,11H2,(H,15,16). The second kappa shape index (κ2) is 5.11. The number of hydrogen-bond acceptors (Lipinski definition) is 5. The van der Waals surface area contributed by atoms with Crippen LogP contribution in [0.2, 0.25) is 0 Å². The summed E-state index contributed by atoms with van der Waals surface area (Å²) in [6.45, 7) is 0. The number of carboxylic acid groups (broad SMARTS) is 1. The maximum absolute atomic E-state index is 10.6. The molecular formula is C9H11ClN2O4. The first-order chi connectivity index (χ1) is 7.47. The van der Waals surface area contributed by atoms with E-state index in [0.29, 0.717) is 0 Å². The first-order valence-electron chi connectivity index (χ1n) is 4.38. The van der Waals surface area contributed by atoms with Crippen LogP contribution in [0.25, 0.3) is 0 Å². The number of halogens is 1. The van der Waals surface area contributed by atoms with E-state index in [-0.39, 0.29) is 22.8 Å².